The Morgan fingerprint density at radius 3 is 2.71 bits per heavy atom. The van der Waals surface area contributed by atoms with Crippen LogP contribution in [0.15, 0.2) is 29.2 Å². The molecule has 0 radical (unpaired) electrons. The van der Waals surface area contributed by atoms with Crippen LogP contribution in [0.5, 0.6) is 0 Å². The summed E-state index contributed by atoms with van der Waals surface area (Å²) < 4.78 is 24.4. The second-order valence-electron chi connectivity index (χ2n) is 4.80. The zero-order chi connectivity index (χ0) is 15.5. The van der Waals surface area contributed by atoms with E-state index in [1.54, 1.807) is 19.1 Å². The van der Waals surface area contributed by atoms with Crippen LogP contribution in [-0.4, -0.2) is 37.0 Å². The molecule has 0 aliphatic carbocycles. The highest BCUT2D eigenvalue weighted by atomic mass is 32.2. The van der Waals surface area contributed by atoms with Crippen molar-refractivity contribution in [2.45, 2.75) is 30.7 Å². The minimum Gasteiger partial charge on any atom is -0.341 e. The van der Waals surface area contributed by atoms with Crippen molar-refractivity contribution < 1.29 is 18.0 Å². The Kier molecular flexibility index (Phi) is 5.05. The molecule has 1 heterocycles. The third kappa shape index (κ3) is 3.65. The van der Waals surface area contributed by atoms with Gasteiger partial charge in [0.15, 0.2) is 9.84 Å². The van der Waals surface area contributed by atoms with E-state index in [2.05, 4.69) is 5.32 Å². The van der Waals surface area contributed by atoms with Gasteiger partial charge in [0.2, 0.25) is 5.12 Å². The highest BCUT2D eigenvalue weighted by molar-refractivity contribution is 8.14. The van der Waals surface area contributed by atoms with E-state index < -0.39 is 21.8 Å². The molecule has 0 aromatic heterocycles. The summed E-state index contributed by atoms with van der Waals surface area (Å²) in [4.78, 5) is 23.9. The molecular formula is C14H17NO4S2. The summed E-state index contributed by atoms with van der Waals surface area (Å²) in [6.45, 7) is 1.77. The SMILES string of the molecule is CCCS(=O)(=O)c1ccccc1C(=O)NC1CCSC1=O. The lowest BCUT2D eigenvalue weighted by Gasteiger charge is -2.13. The normalized spacial score (nSPS) is 18.7. The van der Waals surface area contributed by atoms with Crippen LogP contribution >= 0.6 is 11.8 Å². The molecule has 1 saturated heterocycles. The molecule has 1 amide bonds. The first kappa shape index (κ1) is 16.0. The van der Waals surface area contributed by atoms with Crippen molar-refractivity contribution in [3.63, 3.8) is 0 Å². The van der Waals surface area contributed by atoms with Crippen LogP contribution in [0.3, 0.4) is 0 Å². The van der Waals surface area contributed by atoms with Crippen LogP contribution in [0.1, 0.15) is 30.1 Å². The van der Waals surface area contributed by atoms with Crippen molar-refractivity contribution in [3.8, 4) is 0 Å². The maximum atomic E-state index is 12.3. The fourth-order valence-electron chi connectivity index (χ4n) is 2.17. The fourth-order valence-corrected chi connectivity index (χ4v) is 4.64. The predicted molar refractivity (Wildman–Crippen MR) is 82.1 cm³/mol. The van der Waals surface area contributed by atoms with Crippen LogP contribution in [0.25, 0.3) is 0 Å². The maximum absolute atomic E-state index is 12.3. The van der Waals surface area contributed by atoms with E-state index in [1.165, 1.54) is 23.9 Å². The summed E-state index contributed by atoms with van der Waals surface area (Å²) in [5, 5.41) is 2.55. The lowest BCUT2D eigenvalue weighted by molar-refractivity contribution is -0.112. The zero-order valence-electron chi connectivity index (χ0n) is 11.7. The average molecular weight is 327 g/mol. The molecule has 21 heavy (non-hydrogen) atoms. The van der Waals surface area contributed by atoms with Crippen molar-refractivity contribution in [1.29, 1.82) is 0 Å². The van der Waals surface area contributed by atoms with Gasteiger partial charge in [-0.1, -0.05) is 30.8 Å². The summed E-state index contributed by atoms with van der Waals surface area (Å²) in [5.41, 5.74) is 0.107. The highest BCUT2D eigenvalue weighted by Gasteiger charge is 2.29. The topological polar surface area (TPSA) is 80.3 Å². The molecule has 5 nitrogen and oxygen atoms in total. The summed E-state index contributed by atoms with van der Waals surface area (Å²) in [6, 6.07) is 5.60. The summed E-state index contributed by atoms with van der Waals surface area (Å²) in [6.07, 6.45) is 1.06. The molecule has 1 aliphatic rings. The van der Waals surface area contributed by atoms with Gasteiger partial charge < -0.3 is 5.32 Å². The van der Waals surface area contributed by atoms with E-state index in [0.29, 0.717) is 18.6 Å². The number of hydrogen-bond donors (Lipinski definition) is 1. The number of sulfone groups is 1. The first-order valence-electron chi connectivity index (χ1n) is 6.75. The molecule has 2 rings (SSSR count). The van der Waals surface area contributed by atoms with Crippen molar-refractivity contribution in [1.82, 2.24) is 5.32 Å². The quantitative estimate of drug-likeness (QED) is 0.889. The van der Waals surface area contributed by atoms with Crippen LogP contribution in [0.4, 0.5) is 0 Å². The number of carbonyl (C=O) groups excluding carboxylic acids is 2. The minimum absolute atomic E-state index is 0.00446. The van der Waals surface area contributed by atoms with Crippen molar-refractivity contribution in [2.24, 2.45) is 0 Å². The van der Waals surface area contributed by atoms with E-state index in [0.717, 1.165) is 0 Å². The molecule has 7 heteroatoms. The van der Waals surface area contributed by atoms with Crippen LogP contribution in [0, 0.1) is 0 Å². The van der Waals surface area contributed by atoms with Gasteiger partial charge in [0.05, 0.1) is 22.3 Å². The predicted octanol–water partition coefficient (Wildman–Crippen LogP) is 1.63. The molecule has 114 valence electrons. The largest absolute Gasteiger partial charge is 0.341 e. The second kappa shape index (κ2) is 6.62. The Balaban J connectivity index is 2.27. The molecule has 0 saturated carbocycles. The lowest BCUT2D eigenvalue weighted by atomic mass is 10.2. The zero-order valence-corrected chi connectivity index (χ0v) is 13.3. The van der Waals surface area contributed by atoms with Gasteiger partial charge in [-0.2, -0.15) is 0 Å². The van der Waals surface area contributed by atoms with E-state index in [1.807, 2.05) is 0 Å². The average Bonchev–Trinajstić information content (AvgIpc) is 2.84. The van der Waals surface area contributed by atoms with Gasteiger partial charge in [-0.15, -0.1) is 0 Å². The molecule has 1 aromatic rings. The highest BCUT2D eigenvalue weighted by Crippen LogP contribution is 2.22. The number of hydrogen-bond acceptors (Lipinski definition) is 5. The molecule has 1 unspecified atom stereocenters. The fraction of sp³-hybridized carbons (Fsp3) is 0.429. The number of rotatable bonds is 5. The summed E-state index contributed by atoms with van der Waals surface area (Å²) in [7, 11) is -3.48. The second-order valence-corrected chi connectivity index (χ2v) is 7.97. The smallest absolute Gasteiger partial charge is 0.253 e. The standard InChI is InChI=1S/C14H17NO4S2/c1-2-9-21(18,19)12-6-4-3-5-10(12)13(16)15-11-7-8-20-14(11)17/h3-6,11H,2,7-9H2,1H3,(H,15,16). The Morgan fingerprint density at radius 1 is 1.38 bits per heavy atom. The maximum Gasteiger partial charge on any atom is 0.253 e. The van der Waals surface area contributed by atoms with Gasteiger partial charge in [-0.3, -0.25) is 9.59 Å². The summed E-state index contributed by atoms with van der Waals surface area (Å²) in [5.74, 6) is 0.167. The van der Waals surface area contributed by atoms with Crippen LogP contribution < -0.4 is 5.32 Å². The molecule has 1 aromatic carbocycles. The minimum atomic E-state index is -3.48. The Labute approximate surface area is 128 Å². The van der Waals surface area contributed by atoms with E-state index >= 15 is 0 Å². The molecule has 0 bridgehead atoms. The van der Waals surface area contributed by atoms with E-state index in [-0.39, 0.29) is 21.3 Å². The molecular weight excluding hydrogens is 310 g/mol. The lowest BCUT2D eigenvalue weighted by Crippen LogP contribution is -2.37. The monoisotopic (exact) mass is 327 g/mol. The number of nitrogens with one attached hydrogen (secondary N) is 1. The number of carbonyl (C=O) groups is 2. The third-order valence-corrected chi connectivity index (χ3v) is 6.16. The van der Waals surface area contributed by atoms with Gasteiger partial charge in [-0.05, 0) is 25.0 Å². The van der Waals surface area contributed by atoms with E-state index in [4.69, 9.17) is 0 Å². The third-order valence-electron chi connectivity index (χ3n) is 3.18. The van der Waals surface area contributed by atoms with Crippen LogP contribution in [-0.2, 0) is 14.6 Å². The van der Waals surface area contributed by atoms with Gasteiger partial charge in [0, 0.05) is 5.75 Å². The molecule has 1 aliphatic heterocycles. The van der Waals surface area contributed by atoms with Crippen LogP contribution in [0.2, 0.25) is 0 Å². The van der Waals surface area contributed by atoms with E-state index in [9.17, 15) is 18.0 Å². The number of amides is 1. The Hall–Kier alpha value is -1.34. The van der Waals surface area contributed by atoms with Gasteiger partial charge >= 0.3 is 0 Å². The molecule has 1 fully saturated rings. The Morgan fingerprint density at radius 2 is 2.10 bits per heavy atom. The van der Waals surface area contributed by atoms with Crippen molar-refractivity contribution >= 4 is 32.6 Å². The van der Waals surface area contributed by atoms with Crippen molar-refractivity contribution in [3.05, 3.63) is 29.8 Å². The van der Waals surface area contributed by atoms with Gasteiger partial charge in [0.1, 0.15) is 0 Å². The van der Waals surface area contributed by atoms with Crippen molar-refractivity contribution in [2.75, 3.05) is 11.5 Å². The Bertz CT molecular complexity index is 655. The van der Waals surface area contributed by atoms with Gasteiger partial charge in [-0.25, -0.2) is 8.42 Å². The first-order chi connectivity index (χ1) is 9.95. The first-order valence-corrected chi connectivity index (χ1v) is 9.39. The molecule has 1 N–H and O–H groups in total. The summed E-state index contributed by atoms with van der Waals surface area (Å²) >= 11 is 1.19. The van der Waals surface area contributed by atoms with Gasteiger partial charge in [0.25, 0.3) is 5.91 Å². The molecule has 1 atom stereocenters. The molecule has 0 spiro atoms. The number of benzene rings is 1. The number of thioether (sulfide) groups is 1.